The Morgan fingerprint density at radius 3 is 2.65 bits per heavy atom. The molecule has 0 unspecified atom stereocenters. The summed E-state index contributed by atoms with van der Waals surface area (Å²) in [5, 5.41) is 8.62. The summed E-state index contributed by atoms with van der Waals surface area (Å²) in [6, 6.07) is 5.21. The van der Waals surface area contributed by atoms with Gasteiger partial charge in [-0.15, -0.1) is 0 Å². The van der Waals surface area contributed by atoms with Gasteiger partial charge in [0.25, 0.3) is 10.1 Å². The summed E-state index contributed by atoms with van der Waals surface area (Å²) in [7, 11) is -3.83. The summed E-state index contributed by atoms with van der Waals surface area (Å²) in [5.74, 6) is 0.307. The number of aliphatic hydroxyl groups is 1. The molecule has 0 spiro atoms. The van der Waals surface area contributed by atoms with Crippen molar-refractivity contribution < 1.29 is 17.7 Å². The molecule has 0 radical (unpaired) electrons. The van der Waals surface area contributed by atoms with E-state index in [9.17, 15) is 8.42 Å². The van der Waals surface area contributed by atoms with Crippen molar-refractivity contribution in [1.82, 2.24) is 0 Å². The molecule has 1 fully saturated rings. The van der Waals surface area contributed by atoms with E-state index in [0.717, 1.165) is 30.4 Å². The molecule has 5 heteroatoms. The molecule has 1 aromatic carbocycles. The minimum atomic E-state index is -3.83. The molecule has 0 aliphatic heterocycles. The first-order valence-corrected chi connectivity index (χ1v) is 7.06. The molecule has 0 saturated heterocycles. The zero-order valence-corrected chi connectivity index (χ0v) is 10.5. The van der Waals surface area contributed by atoms with Crippen molar-refractivity contribution in [2.24, 2.45) is 0 Å². The summed E-state index contributed by atoms with van der Waals surface area (Å²) < 4.78 is 28.1. The second kappa shape index (κ2) is 4.76. The van der Waals surface area contributed by atoms with Gasteiger partial charge in [0.1, 0.15) is 0 Å². The van der Waals surface area contributed by atoms with Crippen LogP contribution in [0.2, 0.25) is 0 Å². The molecule has 0 heterocycles. The Morgan fingerprint density at radius 1 is 1.41 bits per heavy atom. The van der Waals surface area contributed by atoms with Crippen LogP contribution in [0.25, 0.3) is 0 Å². The zero-order chi connectivity index (χ0) is 12.5. The molecular formula is C12H16O4S. The van der Waals surface area contributed by atoms with Crippen molar-refractivity contribution in [1.29, 1.82) is 0 Å². The van der Waals surface area contributed by atoms with Gasteiger partial charge in [-0.1, -0.05) is 24.1 Å². The van der Waals surface area contributed by atoms with E-state index in [-0.39, 0.29) is 4.90 Å². The number of hydrogen-bond donors (Lipinski definition) is 1. The lowest BCUT2D eigenvalue weighted by Gasteiger charge is -2.27. The Morgan fingerprint density at radius 2 is 2.12 bits per heavy atom. The maximum atomic E-state index is 11.8. The van der Waals surface area contributed by atoms with Gasteiger partial charge in [0.05, 0.1) is 4.90 Å². The van der Waals surface area contributed by atoms with Gasteiger partial charge >= 0.3 is 0 Å². The number of benzene rings is 1. The average Bonchev–Trinajstić information content (AvgIpc) is 2.14. The van der Waals surface area contributed by atoms with Gasteiger partial charge in [-0.25, -0.2) is 4.18 Å². The smallest absolute Gasteiger partial charge is 0.299 e. The average molecular weight is 256 g/mol. The van der Waals surface area contributed by atoms with E-state index < -0.39 is 16.9 Å². The maximum absolute atomic E-state index is 11.8. The summed E-state index contributed by atoms with van der Waals surface area (Å²) in [5.41, 5.74) is 1.86. The van der Waals surface area contributed by atoms with E-state index >= 15 is 0 Å². The SMILES string of the molecule is Cc1ccc(S(=O)(=O)OCO)c(C2CCC2)c1. The third-order valence-electron chi connectivity index (χ3n) is 3.19. The fraction of sp³-hybridized carbons (Fsp3) is 0.500. The van der Waals surface area contributed by atoms with Crippen molar-refractivity contribution >= 4 is 10.1 Å². The van der Waals surface area contributed by atoms with Crippen LogP contribution in [0, 0.1) is 6.92 Å². The number of aryl methyl sites for hydroxylation is 1. The highest BCUT2D eigenvalue weighted by atomic mass is 32.2. The van der Waals surface area contributed by atoms with Gasteiger partial charge in [0.15, 0.2) is 6.79 Å². The van der Waals surface area contributed by atoms with E-state index in [4.69, 9.17) is 5.11 Å². The monoisotopic (exact) mass is 256 g/mol. The van der Waals surface area contributed by atoms with Gasteiger partial charge < -0.3 is 5.11 Å². The lowest BCUT2D eigenvalue weighted by molar-refractivity contribution is 0.105. The van der Waals surface area contributed by atoms with Crippen LogP contribution < -0.4 is 0 Å². The molecule has 0 atom stereocenters. The number of rotatable bonds is 4. The molecule has 1 aliphatic carbocycles. The lowest BCUT2D eigenvalue weighted by Crippen LogP contribution is -2.16. The largest absolute Gasteiger partial charge is 0.369 e. The second-order valence-corrected chi connectivity index (χ2v) is 5.95. The van der Waals surface area contributed by atoms with Gasteiger partial charge in [0, 0.05) is 0 Å². The topological polar surface area (TPSA) is 63.6 Å². The predicted octanol–water partition coefficient (Wildman–Crippen LogP) is 1.92. The molecule has 1 saturated carbocycles. The Labute approximate surface area is 101 Å². The quantitative estimate of drug-likeness (QED) is 0.660. The van der Waals surface area contributed by atoms with E-state index in [2.05, 4.69) is 4.18 Å². The summed E-state index contributed by atoms with van der Waals surface area (Å²) in [6.45, 7) is 1.12. The Balaban J connectivity index is 2.45. The first-order chi connectivity index (χ1) is 8.04. The lowest BCUT2D eigenvalue weighted by atomic mass is 9.80. The fourth-order valence-electron chi connectivity index (χ4n) is 2.07. The minimum absolute atomic E-state index is 0.196. The van der Waals surface area contributed by atoms with Crippen LogP contribution in [0.15, 0.2) is 23.1 Å². The highest BCUT2D eigenvalue weighted by Crippen LogP contribution is 2.40. The molecule has 0 bridgehead atoms. The van der Waals surface area contributed by atoms with Crippen molar-refractivity contribution in [2.75, 3.05) is 6.79 Å². The summed E-state index contributed by atoms with van der Waals surface area (Å²) in [6.07, 6.45) is 3.18. The van der Waals surface area contributed by atoms with Crippen molar-refractivity contribution in [3.05, 3.63) is 29.3 Å². The van der Waals surface area contributed by atoms with Crippen LogP contribution >= 0.6 is 0 Å². The van der Waals surface area contributed by atoms with E-state index in [1.54, 1.807) is 12.1 Å². The number of hydrogen-bond acceptors (Lipinski definition) is 4. The first kappa shape index (κ1) is 12.5. The Hall–Kier alpha value is -0.910. The van der Waals surface area contributed by atoms with Gasteiger partial charge in [-0.05, 0) is 37.3 Å². The predicted molar refractivity (Wildman–Crippen MR) is 63.1 cm³/mol. The van der Waals surface area contributed by atoms with Crippen LogP contribution in [0.3, 0.4) is 0 Å². The Kier molecular flexibility index (Phi) is 3.51. The van der Waals surface area contributed by atoms with Crippen LogP contribution in [-0.2, 0) is 14.3 Å². The van der Waals surface area contributed by atoms with Crippen LogP contribution in [-0.4, -0.2) is 20.3 Å². The summed E-state index contributed by atoms with van der Waals surface area (Å²) in [4.78, 5) is 0.196. The van der Waals surface area contributed by atoms with Gasteiger partial charge in [-0.3, -0.25) is 0 Å². The van der Waals surface area contributed by atoms with Crippen molar-refractivity contribution in [2.45, 2.75) is 37.0 Å². The van der Waals surface area contributed by atoms with Gasteiger partial charge in [0.2, 0.25) is 0 Å². The van der Waals surface area contributed by atoms with Crippen LogP contribution in [0.5, 0.6) is 0 Å². The molecule has 94 valence electrons. The summed E-state index contributed by atoms with van der Waals surface area (Å²) >= 11 is 0. The second-order valence-electron chi connectivity index (χ2n) is 4.37. The van der Waals surface area contributed by atoms with Gasteiger partial charge in [-0.2, -0.15) is 8.42 Å². The van der Waals surface area contributed by atoms with E-state index in [0.29, 0.717) is 5.92 Å². The Bertz CT molecular complexity index is 503. The fourth-order valence-corrected chi connectivity index (χ4v) is 3.08. The standard InChI is InChI=1S/C12H16O4S/c1-9-5-6-12(17(14,15)16-8-13)11(7-9)10-3-2-4-10/h5-7,10,13H,2-4,8H2,1H3. The molecule has 1 N–H and O–H groups in total. The van der Waals surface area contributed by atoms with Crippen molar-refractivity contribution in [3.8, 4) is 0 Å². The third kappa shape index (κ3) is 2.51. The minimum Gasteiger partial charge on any atom is -0.369 e. The first-order valence-electron chi connectivity index (χ1n) is 5.65. The molecule has 0 aromatic heterocycles. The molecule has 17 heavy (non-hydrogen) atoms. The highest BCUT2D eigenvalue weighted by molar-refractivity contribution is 7.86. The highest BCUT2D eigenvalue weighted by Gasteiger charge is 2.27. The molecule has 2 rings (SSSR count). The maximum Gasteiger partial charge on any atom is 0.299 e. The van der Waals surface area contributed by atoms with E-state index in [1.807, 2.05) is 13.0 Å². The normalized spacial score (nSPS) is 16.8. The van der Waals surface area contributed by atoms with Crippen LogP contribution in [0.1, 0.15) is 36.3 Å². The van der Waals surface area contributed by atoms with Crippen LogP contribution in [0.4, 0.5) is 0 Å². The van der Waals surface area contributed by atoms with Crippen molar-refractivity contribution in [3.63, 3.8) is 0 Å². The number of aliphatic hydroxyl groups excluding tert-OH is 1. The molecule has 1 aliphatic rings. The molecular weight excluding hydrogens is 240 g/mol. The molecule has 0 amide bonds. The zero-order valence-electron chi connectivity index (χ0n) is 9.72. The molecule has 1 aromatic rings. The third-order valence-corrected chi connectivity index (χ3v) is 4.51. The molecule has 4 nitrogen and oxygen atoms in total. The van der Waals surface area contributed by atoms with E-state index in [1.165, 1.54) is 0 Å².